The van der Waals surface area contributed by atoms with Gasteiger partial charge in [-0.1, -0.05) is 24.3 Å². The minimum Gasteiger partial charge on any atom is -0.379 e. The monoisotopic (exact) mass is 524 g/mol. The van der Waals surface area contributed by atoms with E-state index >= 15 is 0 Å². The van der Waals surface area contributed by atoms with Gasteiger partial charge >= 0.3 is 0 Å². The van der Waals surface area contributed by atoms with Gasteiger partial charge in [-0.15, -0.1) is 24.0 Å². The fourth-order valence-corrected chi connectivity index (χ4v) is 3.25. The van der Waals surface area contributed by atoms with E-state index < -0.39 is 0 Å². The molecule has 1 unspecified atom stereocenters. The van der Waals surface area contributed by atoms with Crippen molar-refractivity contribution >= 4 is 29.9 Å². The molecule has 3 rings (SSSR count). The Hall–Kier alpha value is -1.71. The molecular formula is C23H33IN4O2. The van der Waals surface area contributed by atoms with Crippen molar-refractivity contribution in [1.29, 1.82) is 0 Å². The minimum absolute atomic E-state index is 0. The Labute approximate surface area is 196 Å². The van der Waals surface area contributed by atoms with Crippen molar-refractivity contribution in [3.05, 3.63) is 54.2 Å². The van der Waals surface area contributed by atoms with Gasteiger partial charge in [-0.25, -0.2) is 4.99 Å². The number of rotatable bonds is 10. The van der Waals surface area contributed by atoms with Gasteiger partial charge in [0.15, 0.2) is 5.96 Å². The number of ether oxygens (including phenoxy) is 2. The predicted molar refractivity (Wildman–Crippen MR) is 132 cm³/mol. The molecule has 1 fully saturated rings. The van der Waals surface area contributed by atoms with E-state index in [1.165, 1.54) is 0 Å². The molecule has 164 valence electrons. The highest BCUT2D eigenvalue weighted by atomic mass is 127. The first kappa shape index (κ1) is 24.6. The molecule has 2 N–H and O–H groups in total. The van der Waals surface area contributed by atoms with Gasteiger partial charge in [-0.3, -0.25) is 4.98 Å². The number of nitrogens with one attached hydrogen (secondary N) is 2. The molecule has 1 aromatic carbocycles. The second-order valence-electron chi connectivity index (χ2n) is 7.10. The van der Waals surface area contributed by atoms with E-state index in [4.69, 9.17) is 14.5 Å². The number of hydrogen-bond donors (Lipinski definition) is 2. The quantitative estimate of drug-likeness (QED) is 0.213. The van der Waals surface area contributed by atoms with Crippen molar-refractivity contribution < 1.29 is 9.47 Å². The van der Waals surface area contributed by atoms with Crippen LogP contribution in [0.25, 0.3) is 11.3 Å². The highest BCUT2D eigenvalue weighted by Crippen LogP contribution is 2.18. The zero-order valence-corrected chi connectivity index (χ0v) is 20.0. The lowest BCUT2D eigenvalue weighted by atomic mass is 10.1. The van der Waals surface area contributed by atoms with Crippen molar-refractivity contribution in [2.24, 2.45) is 4.99 Å². The lowest BCUT2D eigenvalue weighted by Crippen LogP contribution is -2.38. The van der Waals surface area contributed by atoms with Crippen molar-refractivity contribution in [3.8, 4) is 11.3 Å². The summed E-state index contributed by atoms with van der Waals surface area (Å²) in [6, 6.07) is 14.3. The van der Waals surface area contributed by atoms with Crippen molar-refractivity contribution in [1.82, 2.24) is 15.6 Å². The van der Waals surface area contributed by atoms with E-state index in [0.29, 0.717) is 19.3 Å². The van der Waals surface area contributed by atoms with E-state index in [0.717, 1.165) is 68.3 Å². The van der Waals surface area contributed by atoms with Gasteiger partial charge in [0.1, 0.15) is 0 Å². The molecule has 0 bridgehead atoms. The van der Waals surface area contributed by atoms with Gasteiger partial charge in [-0.05, 0) is 49.9 Å². The maximum atomic E-state index is 5.71. The lowest BCUT2D eigenvalue weighted by Gasteiger charge is -2.13. The van der Waals surface area contributed by atoms with Crippen LogP contribution >= 0.6 is 24.0 Å². The van der Waals surface area contributed by atoms with Crippen LogP contribution in [0.5, 0.6) is 0 Å². The zero-order valence-electron chi connectivity index (χ0n) is 17.7. The standard InChI is InChI=1S/C23H32N4O2.HI/c1-2-24-23(26-13-7-14-28-18-21-10-6-15-29-21)27-17-19-8-5-9-20(16-19)22-11-3-4-12-25-22;/h3-5,8-9,11-12,16,21H,2,6-7,10,13-15,17-18H2,1H3,(H2,24,26,27);1H. The van der Waals surface area contributed by atoms with Crippen LogP contribution in [-0.4, -0.2) is 50.0 Å². The first-order valence-corrected chi connectivity index (χ1v) is 10.6. The van der Waals surface area contributed by atoms with Gasteiger partial charge in [0.25, 0.3) is 0 Å². The third-order valence-electron chi connectivity index (χ3n) is 4.74. The molecule has 0 amide bonds. The summed E-state index contributed by atoms with van der Waals surface area (Å²) in [6.45, 7) is 6.66. The van der Waals surface area contributed by atoms with Crippen molar-refractivity contribution in [2.45, 2.75) is 38.8 Å². The van der Waals surface area contributed by atoms with Crippen LogP contribution in [0.1, 0.15) is 31.7 Å². The maximum Gasteiger partial charge on any atom is 0.191 e. The minimum atomic E-state index is 0. The van der Waals surface area contributed by atoms with E-state index in [1.807, 2.05) is 24.4 Å². The van der Waals surface area contributed by atoms with Gasteiger partial charge in [0.2, 0.25) is 0 Å². The topological polar surface area (TPSA) is 67.8 Å². The Morgan fingerprint density at radius 2 is 2.17 bits per heavy atom. The van der Waals surface area contributed by atoms with Gasteiger partial charge in [0, 0.05) is 38.1 Å². The molecule has 7 heteroatoms. The highest BCUT2D eigenvalue weighted by molar-refractivity contribution is 14.0. The second-order valence-corrected chi connectivity index (χ2v) is 7.10. The summed E-state index contributed by atoms with van der Waals surface area (Å²) in [5.41, 5.74) is 3.25. The first-order valence-electron chi connectivity index (χ1n) is 10.6. The van der Waals surface area contributed by atoms with Crippen LogP contribution < -0.4 is 10.6 Å². The molecule has 6 nitrogen and oxygen atoms in total. The Morgan fingerprint density at radius 1 is 1.23 bits per heavy atom. The molecule has 1 aromatic heterocycles. The van der Waals surface area contributed by atoms with Crippen LogP contribution in [0.2, 0.25) is 0 Å². The number of aliphatic imine (C=N–C) groups is 1. The Balaban J connectivity index is 0.00000320. The Bertz CT molecular complexity index is 752. The van der Waals surface area contributed by atoms with Gasteiger partial charge < -0.3 is 20.1 Å². The fraction of sp³-hybridized carbons (Fsp3) is 0.478. The number of benzene rings is 1. The molecule has 1 aliphatic rings. The van der Waals surface area contributed by atoms with Crippen LogP contribution in [0.15, 0.2) is 53.7 Å². The van der Waals surface area contributed by atoms with E-state index in [1.54, 1.807) is 0 Å². The molecule has 1 atom stereocenters. The van der Waals surface area contributed by atoms with Crippen LogP contribution in [0, 0.1) is 0 Å². The summed E-state index contributed by atoms with van der Waals surface area (Å²) in [7, 11) is 0. The first-order chi connectivity index (χ1) is 14.3. The number of hydrogen-bond acceptors (Lipinski definition) is 4. The molecular weight excluding hydrogens is 491 g/mol. The van der Waals surface area contributed by atoms with Crippen molar-refractivity contribution in [2.75, 3.05) is 32.9 Å². The fourth-order valence-electron chi connectivity index (χ4n) is 3.25. The largest absolute Gasteiger partial charge is 0.379 e. The normalized spacial score (nSPS) is 16.2. The number of nitrogens with zero attached hydrogens (tertiary/aromatic N) is 2. The second kappa shape index (κ2) is 14.3. The number of guanidine groups is 1. The number of aromatic nitrogens is 1. The average molecular weight is 524 g/mol. The molecule has 0 spiro atoms. The molecule has 0 radical (unpaired) electrons. The third kappa shape index (κ3) is 8.57. The molecule has 0 aliphatic carbocycles. The van der Waals surface area contributed by atoms with Crippen molar-refractivity contribution in [3.63, 3.8) is 0 Å². The van der Waals surface area contributed by atoms with Crippen LogP contribution in [0.4, 0.5) is 0 Å². The summed E-state index contributed by atoms with van der Waals surface area (Å²) in [5, 5.41) is 6.68. The van der Waals surface area contributed by atoms with E-state index in [-0.39, 0.29) is 24.0 Å². The Kier molecular flexibility index (Phi) is 11.7. The maximum absolute atomic E-state index is 5.71. The van der Waals surface area contributed by atoms with Crippen LogP contribution in [-0.2, 0) is 16.0 Å². The molecule has 1 saturated heterocycles. The average Bonchev–Trinajstić information content (AvgIpc) is 3.29. The summed E-state index contributed by atoms with van der Waals surface area (Å²) in [5.74, 6) is 0.829. The number of halogens is 1. The highest BCUT2D eigenvalue weighted by Gasteiger charge is 2.14. The van der Waals surface area contributed by atoms with Gasteiger partial charge in [0.05, 0.1) is 24.9 Å². The Morgan fingerprint density at radius 3 is 2.93 bits per heavy atom. The SMILES string of the molecule is CCNC(=NCc1cccc(-c2ccccn2)c1)NCCCOCC1CCCO1.I. The van der Waals surface area contributed by atoms with E-state index in [2.05, 4.69) is 46.8 Å². The summed E-state index contributed by atoms with van der Waals surface area (Å²) >= 11 is 0. The lowest BCUT2D eigenvalue weighted by molar-refractivity contribution is 0.0168. The molecule has 0 saturated carbocycles. The molecule has 1 aliphatic heterocycles. The number of pyridine rings is 1. The zero-order chi connectivity index (χ0) is 20.2. The molecule has 30 heavy (non-hydrogen) atoms. The summed E-state index contributed by atoms with van der Waals surface area (Å²) < 4.78 is 11.3. The summed E-state index contributed by atoms with van der Waals surface area (Å²) in [6.07, 6.45) is 5.33. The molecule has 2 aromatic rings. The third-order valence-corrected chi connectivity index (χ3v) is 4.74. The van der Waals surface area contributed by atoms with Crippen LogP contribution in [0.3, 0.4) is 0 Å². The predicted octanol–water partition coefficient (Wildman–Crippen LogP) is 4.01. The molecule has 2 heterocycles. The van der Waals surface area contributed by atoms with E-state index in [9.17, 15) is 0 Å². The summed E-state index contributed by atoms with van der Waals surface area (Å²) in [4.78, 5) is 9.14. The van der Waals surface area contributed by atoms with Gasteiger partial charge in [-0.2, -0.15) is 0 Å². The smallest absolute Gasteiger partial charge is 0.191 e.